The Morgan fingerprint density at radius 3 is 1.44 bits per heavy atom. The number of rotatable bonds is 10. The average molecular weight is 395 g/mol. The molecule has 0 aliphatic heterocycles. The van der Waals surface area contributed by atoms with E-state index in [-0.39, 0.29) is 11.8 Å². The van der Waals surface area contributed by atoms with Crippen LogP contribution in [-0.4, -0.2) is 57.9 Å². The van der Waals surface area contributed by atoms with E-state index in [9.17, 15) is 14.4 Å². The van der Waals surface area contributed by atoms with Gasteiger partial charge in [0.05, 0.1) is 0 Å². The Kier molecular flexibility index (Phi) is 19.6. The van der Waals surface area contributed by atoms with Crippen LogP contribution in [0.2, 0.25) is 0 Å². The van der Waals surface area contributed by atoms with Crippen molar-refractivity contribution in [2.45, 2.75) is 71.5 Å². The van der Waals surface area contributed by atoms with E-state index in [1.54, 1.807) is 13.8 Å². The van der Waals surface area contributed by atoms with Crippen LogP contribution in [0, 0.1) is 11.8 Å². The third-order valence-electron chi connectivity index (χ3n) is 3.83. The van der Waals surface area contributed by atoms with Gasteiger partial charge in [-0.15, -0.1) is 0 Å². The third kappa shape index (κ3) is 18.8. The van der Waals surface area contributed by atoms with Crippen LogP contribution < -0.4 is 22.9 Å². The number of carboxylic acid groups (broad SMARTS) is 3. The molecule has 0 radical (unpaired) electrons. The maximum Gasteiger partial charge on any atom is 0.320 e. The van der Waals surface area contributed by atoms with E-state index in [0.717, 1.165) is 19.3 Å². The molecule has 0 aliphatic rings. The minimum atomic E-state index is -0.933. The Balaban J connectivity index is -0.000000322. The third-order valence-corrected chi connectivity index (χ3v) is 3.83. The summed E-state index contributed by atoms with van der Waals surface area (Å²) in [5.41, 5.74) is 20.9. The lowest BCUT2D eigenvalue weighted by molar-refractivity contribution is -0.140. The SMILES string of the molecule is CC(C)[C@H](N)C(=O)O.CC[C@H](C)[C@H](N)C(=O)O.NCCCC[C@H](N)C(=O)O. The zero-order valence-corrected chi connectivity index (χ0v) is 16.8. The van der Waals surface area contributed by atoms with Gasteiger partial charge in [0.25, 0.3) is 0 Å². The normalized spacial score (nSPS) is 14.6. The molecule has 0 aromatic rings. The van der Waals surface area contributed by atoms with E-state index in [0.29, 0.717) is 13.0 Å². The van der Waals surface area contributed by atoms with Crippen molar-refractivity contribution in [3.63, 3.8) is 0 Å². The maximum atomic E-state index is 10.2. The number of carboxylic acids is 3. The monoisotopic (exact) mass is 394 g/mol. The molecule has 0 amide bonds. The van der Waals surface area contributed by atoms with Gasteiger partial charge in [-0.05, 0) is 31.2 Å². The molecule has 0 aromatic heterocycles. The first-order chi connectivity index (χ1) is 12.3. The molecule has 10 nitrogen and oxygen atoms in total. The minimum absolute atomic E-state index is 0.0208. The summed E-state index contributed by atoms with van der Waals surface area (Å²) in [7, 11) is 0. The topological polar surface area (TPSA) is 216 Å². The second kappa shape index (κ2) is 17.7. The second-order valence-electron chi connectivity index (χ2n) is 6.59. The molecule has 11 N–H and O–H groups in total. The summed E-state index contributed by atoms with van der Waals surface area (Å²) in [6.07, 6.45) is 2.98. The molecule has 10 heteroatoms. The van der Waals surface area contributed by atoms with Gasteiger partial charge in [0.2, 0.25) is 0 Å². The van der Waals surface area contributed by atoms with Crippen molar-refractivity contribution in [1.82, 2.24) is 0 Å². The highest BCUT2D eigenvalue weighted by atomic mass is 16.4. The van der Waals surface area contributed by atoms with Crippen LogP contribution in [0.1, 0.15) is 53.4 Å². The van der Waals surface area contributed by atoms with E-state index in [4.69, 9.17) is 38.3 Å². The number of hydrogen-bond donors (Lipinski definition) is 7. The number of nitrogens with two attached hydrogens (primary N) is 4. The highest BCUT2D eigenvalue weighted by Gasteiger charge is 2.17. The molecule has 0 aromatic carbocycles. The Hall–Kier alpha value is -1.75. The lowest BCUT2D eigenvalue weighted by atomic mass is 10.0. The van der Waals surface area contributed by atoms with Crippen LogP contribution in [0.15, 0.2) is 0 Å². The average Bonchev–Trinajstić information content (AvgIpc) is 2.60. The first kappa shape index (κ1) is 30.0. The maximum absolute atomic E-state index is 10.2. The fourth-order valence-corrected chi connectivity index (χ4v) is 1.41. The summed E-state index contributed by atoms with van der Waals surface area (Å²) in [5, 5.41) is 24.9. The molecular formula is C17H38N4O6. The van der Waals surface area contributed by atoms with E-state index >= 15 is 0 Å². The van der Waals surface area contributed by atoms with Gasteiger partial charge in [0.1, 0.15) is 18.1 Å². The number of aliphatic carboxylic acids is 3. The Bertz CT molecular complexity index is 420. The summed E-state index contributed by atoms with van der Waals surface area (Å²) in [6.45, 7) is 7.91. The lowest BCUT2D eigenvalue weighted by Gasteiger charge is -2.11. The molecule has 0 unspecified atom stereocenters. The molecule has 162 valence electrons. The predicted molar refractivity (Wildman–Crippen MR) is 104 cm³/mol. The molecule has 0 rings (SSSR count). The van der Waals surface area contributed by atoms with Crippen LogP contribution in [0.25, 0.3) is 0 Å². The summed E-state index contributed by atoms with van der Waals surface area (Å²) >= 11 is 0. The van der Waals surface area contributed by atoms with E-state index in [1.165, 1.54) is 0 Å². The summed E-state index contributed by atoms with van der Waals surface area (Å²) in [6, 6.07) is -2.13. The van der Waals surface area contributed by atoms with Crippen LogP contribution in [0.5, 0.6) is 0 Å². The van der Waals surface area contributed by atoms with Gasteiger partial charge in [-0.25, -0.2) is 0 Å². The van der Waals surface area contributed by atoms with Gasteiger partial charge in [0.15, 0.2) is 0 Å². The van der Waals surface area contributed by atoms with E-state index in [1.807, 2.05) is 13.8 Å². The molecular weight excluding hydrogens is 356 g/mol. The molecule has 4 atom stereocenters. The number of hydrogen-bond acceptors (Lipinski definition) is 7. The van der Waals surface area contributed by atoms with Crippen molar-refractivity contribution in [1.29, 1.82) is 0 Å². The van der Waals surface area contributed by atoms with Crippen molar-refractivity contribution in [2.24, 2.45) is 34.8 Å². The molecule has 0 spiro atoms. The Labute approximate surface area is 161 Å². The number of carbonyl (C=O) groups is 3. The first-order valence-electron chi connectivity index (χ1n) is 8.98. The number of unbranched alkanes of at least 4 members (excludes halogenated alkanes) is 1. The molecule has 0 aliphatic carbocycles. The van der Waals surface area contributed by atoms with Crippen molar-refractivity contribution in [3.8, 4) is 0 Å². The van der Waals surface area contributed by atoms with Gasteiger partial charge in [-0.3, -0.25) is 14.4 Å². The standard InChI is InChI=1S/C6H14N2O2.C6H13NO2.C5H11NO2/c7-4-2-1-3-5(8)6(9)10;1-3-4(2)5(7)6(8)9;1-3(2)4(6)5(7)8/h5H,1-4,7-8H2,(H,9,10);4-5H,3,7H2,1-2H3,(H,8,9);3-4H,6H2,1-2H3,(H,7,8)/t5-;4-,5-;4-/m000/s1. The fourth-order valence-electron chi connectivity index (χ4n) is 1.41. The summed E-state index contributed by atoms with van der Waals surface area (Å²) in [5.74, 6) is -2.68. The van der Waals surface area contributed by atoms with Gasteiger partial charge >= 0.3 is 17.9 Å². The zero-order chi connectivity index (χ0) is 22.2. The van der Waals surface area contributed by atoms with Gasteiger partial charge in [-0.2, -0.15) is 0 Å². The highest BCUT2D eigenvalue weighted by molar-refractivity contribution is 5.73. The molecule has 0 saturated carbocycles. The van der Waals surface area contributed by atoms with Crippen molar-refractivity contribution in [3.05, 3.63) is 0 Å². The molecule has 27 heavy (non-hydrogen) atoms. The smallest absolute Gasteiger partial charge is 0.320 e. The van der Waals surface area contributed by atoms with Crippen LogP contribution in [0.3, 0.4) is 0 Å². The van der Waals surface area contributed by atoms with Gasteiger partial charge in [-0.1, -0.05) is 40.5 Å². The van der Waals surface area contributed by atoms with Crippen LogP contribution >= 0.6 is 0 Å². The lowest BCUT2D eigenvalue weighted by Crippen LogP contribution is -2.36. The van der Waals surface area contributed by atoms with Crippen molar-refractivity contribution >= 4 is 17.9 Å². The summed E-state index contributed by atoms with van der Waals surface area (Å²) in [4.78, 5) is 30.3. The van der Waals surface area contributed by atoms with Gasteiger partial charge < -0.3 is 38.3 Å². The molecule has 0 saturated heterocycles. The van der Waals surface area contributed by atoms with Gasteiger partial charge in [0, 0.05) is 0 Å². The minimum Gasteiger partial charge on any atom is -0.480 e. The molecule has 0 heterocycles. The van der Waals surface area contributed by atoms with Crippen molar-refractivity contribution < 1.29 is 29.7 Å². The van der Waals surface area contributed by atoms with Crippen LogP contribution in [-0.2, 0) is 14.4 Å². The first-order valence-corrected chi connectivity index (χ1v) is 8.98. The van der Waals surface area contributed by atoms with Crippen molar-refractivity contribution in [2.75, 3.05) is 6.54 Å². The predicted octanol–water partition coefficient (Wildman–Crippen LogP) is 0.0260. The largest absolute Gasteiger partial charge is 0.480 e. The quantitative estimate of drug-likeness (QED) is 0.246. The Morgan fingerprint density at radius 1 is 0.815 bits per heavy atom. The highest BCUT2D eigenvalue weighted by Crippen LogP contribution is 2.04. The zero-order valence-electron chi connectivity index (χ0n) is 16.8. The molecule has 0 fully saturated rings. The van der Waals surface area contributed by atoms with E-state index < -0.39 is 36.0 Å². The van der Waals surface area contributed by atoms with E-state index in [2.05, 4.69) is 0 Å². The fraction of sp³-hybridized carbons (Fsp3) is 0.824. The second-order valence-corrected chi connectivity index (χ2v) is 6.59. The summed E-state index contributed by atoms with van der Waals surface area (Å²) < 4.78 is 0. The molecule has 0 bridgehead atoms. The Morgan fingerprint density at radius 2 is 1.26 bits per heavy atom. The van der Waals surface area contributed by atoms with Crippen LogP contribution in [0.4, 0.5) is 0 Å².